The van der Waals surface area contributed by atoms with E-state index in [1.807, 2.05) is 0 Å². The number of rotatable bonds is 4. The van der Waals surface area contributed by atoms with E-state index in [2.05, 4.69) is 9.47 Å². The summed E-state index contributed by atoms with van der Waals surface area (Å²) in [4.78, 5) is 10.7. The third-order valence-electron chi connectivity index (χ3n) is 1.59. The van der Waals surface area contributed by atoms with Gasteiger partial charge in [-0.15, -0.1) is 0 Å². The lowest BCUT2D eigenvalue weighted by molar-refractivity contribution is -0.219. The van der Waals surface area contributed by atoms with Crippen LogP contribution in [-0.2, 0) is 16.1 Å². The standard InChI is InChI=1S/C10H9F3O3/c11-7-10(12,13)16-9(14)15-6-8-4-2-1-3-5-8/h1-5H,6-7H2. The summed E-state index contributed by atoms with van der Waals surface area (Å²) >= 11 is 0. The minimum atomic E-state index is -4.13. The van der Waals surface area contributed by atoms with Crippen molar-refractivity contribution >= 4 is 6.16 Å². The van der Waals surface area contributed by atoms with Crippen molar-refractivity contribution in [3.8, 4) is 0 Å². The highest BCUT2D eigenvalue weighted by Crippen LogP contribution is 2.16. The first-order valence-corrected chi connectivity index (χ1v) is 4.37. The van der Waals surface area contributed by atoms with E-state index in [0.29, 0.717) is 5.56 Å². The third kappa shape index (κ3) is 4.20. The van der Waals surface area contributed by atoms with Crippen LogP contribution in [0, 0.1) is 0 Å². The third-order valence-corrected chi connectivity index (χ3v) is 1.59. The fourth-order valence-electron chi connectivity index (χ4n) is 0.895. The van der Waals surface area contributed by atoms with E-state index in [4.69, 9.17) is 0 Å². The maximum Gasteiger partial charge on any atom is 0.513 e. The Labute approximate surface area is 89.8 Å². The van der Waals surface area contributed by atoms with Crippen molar-refractivity contribution in [2.45, 2.75) is 12.7 Å². The van der Waals surface area contributed by atoms with Gasteiger partial charge < -0.3 is 9.47 Å². The van der Waals surface area contributed by atoms with Gasteiger partial charge in [-0.1, -0.05) is 30.3 Å². The van der Waals surface area contributed by atoms with E-state index < -0.39 is 18.9 Å². The van der Waals surface area contributed by atoms with E-state index in [9.17, 15) is 18.0 Å². The minimum absolute atomic E-state index is 0.206. The number of hydrogen-bond acceptors (Lipinski definition) is 3. The summed E-state index contributed by atoms with van der Waals surface area (Å²) < 4.78 is 43.9. The van der Waals surface area contributed by atoms with E-state index >= 15 is 0 Å². The molecule has 0 bridgehead atoms. The van der Waals surface area contributed by atoms with Crippen molar-refractivity contribution in [3.05, 3.63) is 35.9 Å². The molecule has 1 rings (SSSR count). The van der Waals surface area contributed by atoms with E-state index in [0.717, 1.165) is 0 Å². The van der Waals surface area contributed by atoms with Crippen LogP contribution in [0.1, 0.15) is 5.56 Å². The Balaban J connectivity index is 2.36. The van der Waals surface area contributed by atoms with Crippen LogP contribution in [0.3, 0.4) is 0 Å². The molecule has 6 heteroatoms. The Hall–Kier alpha value is -1.72. The number of ether oxygens (including phenoxy) is 2. The molecule has 1 aromatic carbocycles. The second kappa shape index (κ2) is 5.39. The molecule has 0 N–H and O–H groups in total. The van der Waals surface area contributed by atoms with Crippen LogP contribution in [-0.4, -0.2) is 18.9 Å². The quantitative estimate of drug-likeness (QED) is 0.751. The zero-order valence-electron chi connectivity index (χ0n) is 8.16. The summed E-state index contributed by atoms with van der Waals surface area (Å²) in [5.74, 6) is 0. The molecule has 0 radical (unpaired) electrons. The summed E-state index contributed by atoms with van der Waals surface area (Å²) in [7, 11) is 0. The predicted molar refractivity (Wildman–Crippen MR) is 48.6 cm³/mol. The highest BCUT2D eigenvalue weighted by Gasteiger charge is 2.34. The first kappa shape index (κ1) is 12.4. The lowest BCUT2D eigenvalue weighted by atomic mass is 10.2. The lowest BCUT2D eigenvalue weighted by Gasteiger charge is -2.12. The van der Waals surface area contributed by atoms with E-state index in [1.54, 1.807) is 30.3 Å². The van der Waals surface area contributed by atoms with Gasteiger partial charge in [0, 0.05) is 0 Å². The zero-order chi connectivity index (χ0) is 12.0. The van der Waals surface area contributed by atoms with Crippen LogP contribution >= 0.6 is 0 Å². The summed E-state index contributed by atoms with van der Waals surface area (Å²) in [5.41, 5.74) is 0.614. The van der Waals surface area contributed by atoms with Gasteiger partial charge in [-0.05, 0) is 5.56 Å². The fraction of sp³-hybridized carbons (Fsp3) is 0.300. The summed E-state index contributed by atoms with van der Waals surface area (Å²) in [6.45, 7) is -2.28. The van der Waals surface area contributed by atoms with Crippen molar-refractivity contribution in [3.63, 3.8) is 0 Å². The van der Waals surface area contributed by atoms with Crippen molar-refractivity contribution in [1.82, 2.24) is 0 Å². The number of benzene rings is 1. The van der Waals surface area contributed by atoms with Gasteiger partial charge in [-0.25, -0.2) is 9.18 Å². The molecule has 16 heavy (non-hydrogen) atoms. The smallest absolute Gasteiger partial charge is 0.429 e. The monoisotopic (exact) mass is 234 g/mol. The minimum Gasteiger partial charge on any atom is -0.429 e. The van der Waals surface area contributed by atoms with Crippen LogP contribution in [0.15, 0.2) is 30.3 Å². The Morgan fingerprint density at radius 3 is 2.44 bits per heavy atom. The molecule has 0 aromatic heterocycles. The largest absolute Gasteiger partial charge is 0.513 e. The predicted octanol–water partition coefficient (Wildman–Crippen LogP) is 2.90. The van der Waals surface area contributed by atoms with Crippen molar-refractivity contribution < 1.29 is 27.4 Å². The van der Waals surface area contributed by atoms with Crippen molar-refractivity contribution in [2.24, 2.45) is 0 Å². The molecular formula is C10H9F3O3. The summed E-state index contributed by atoms with van der Waals surface area (Å²) in [6, 6.07) is 8.42. The average Bonchev–Trinajstić information content (AvgIpc) is 2.27. The van der Waals surface area contributed by atoms with Gasteiger partial charge >= 0.3 is 12.3 Å². The van der Waals surface area contributed by atoms with Crippen LogP contribution < -0.4 is 0 Å². The highest BCUT2D eigenvalue weighted by atomic mass is 19.3. The molecule has 0 heterocycles. The SMILES string of the molecule is O=C(OCc1ccccc1)OC(F)(F)CF. The van der Waals surface area contributed by atoms with Gasteiger partial charge in [-0.2, -0.15) is 8.78 Å². The Bertz CT molecular complexity index is 340. The second-order valence-corrected chi connectivity index (χ2v) is 2.90. The van der Waals surface area contributed by atoms with Gasteiger partial charge in [0.2, 0.25) is 0 Å². The van der Waals surface area contributed by atoms with Gasteiger partial charge in [0.05, 0.1) is 0 Å². The topological polar surface area (TPSA) is 35.5 Å². The molecule has 0 saturated heterocycles. The first-order chi connectivity index (χ1) is 7.53. The molecule has 0 spiro atoms. The zero-order valence-corrected chi connectivity index (χ0v) is 8.16. The number of halogens is 3. The van der Waals surface area contributed by atoms with Gasteiger partial charge in [0.25, 0.3) is 0 Å². The Kier molecular flexibility index (Phi) is 4.16. The number of carbonyl (C=O) groups is 1. The summed E-state index contributed by atoms with van der Waals surface area (Å²) in [6.07, 6.45) is -5.74. The Morgan fingerprint density at radius 1 is 1.25 bits per heavy atom. The molecule has 0 aliphatic heterocycles. The molecular weight excluding hydrogens is 225 g/mol. The van der Waals surface area contributed by atoms with Crippen LogP contribution in [0.25, 0.3) is 0 Å². The number of alkyl halides is 3. The normalized spacial score (nSPS) is 10.9. The van der Waals surface area contributed by atoms with Gasteiger partial charge in [0.15, 0.2) is 6.67 Å². The molecule has 0 aliphatic rings. The number of carbonyl (C=O) groups excluding carboxylic acids is 1. The van der Waals surface area contributed by atoms with Crippen LogP contribution in [0.5, 0.6) is 0 Å². The highest BCUT2D eigenvalue weighted by molar-refractivity contribution is 5.60. The second-order valence-electron chi connectivity index (χ2n) is 2.90. The molecule has 0 aliphatic carbocycles. The first-order valence-electron chi connectivity index (χ1n) is 4.37. The molecule has 0 saturated carbocycles. The molecule has 3 nitrogen and oxygen atoms in total. The van der Waals surface area contributed by atoms with E-state index in [1.165, 1.54) is 0 Å². The van der Waals surface area contributed by atoms with E-state index in [-0.39, 0.29) is 6.61 Å². The molecule has 1 aromatic rings. The summed E-state index contributed by atoms with van der Waals surface area (Å²) in [5, 5.41) is 0. The van der Waals surface area contributed by atoms with Crippen molar-refractivity contribution in [2.75, 3.05) is 6.67 Å². The average molecular weight is 234 g/mol. The van der Waals surface area contributed by atoms with Gasteiger partial charge in [0.1, 0.15) is 6.61 Å². The van der Waals surface area contributed by atoms with Crippen molar-refractivity contribution in [1.29, 1.82) is 0 Å². The van der Waals surface area contributed by atoms with Crippen LogP contribution in [0.2, 0.25) is 0 Å². The maximum atomic E-state index is 12.2. The molecule has 0 amide bonds. The molecule has 0 fully saturated rings. The lowest BCUT2D eigenvalue weighted by Crippen LogP contribution is -2.27. The molecule has 88 valence electrons. The number of hydrogen-bond donors (Lipinski definition) is 0. The van der Waals surface area contributed by atoms with Crippen LogP contribution in [0.4, 0.5) is 18.0 Å². The fourth-order valence-corrected chi connectivity index (χ4v) is 0.895. The molecule has 0 unspecified atom stereocenters. The molecule has 0 atom stereocenters. The van der Waals surface area contributed by atoms with Gasteiger partial charge in [-0.3, -0.25) is 0 Å². The Morgan fingerprint density at radius 2 is 1.88 bits per heavy atom. The maximum absolute atomic E-state index is 12.2.